The van der Waals surface area contributed by atoms with Crippen LogP contribution in [0, 0.1) is 11.2 Å². The van der Waals surface area contributed by atoms with Crippen molar-refractivity contribution >= 4 is 40.8 Å². The van der Waals surface area contributed by atoms with Crippen molar-refractivity contribution in [1.82, 2.24) is 15.6 Å². The van der Waals surface area contributed by atoms with Gasteiger partial charge in [-0.05, 0) is 67.8 Å². The number of alkyl halides is 3. The fourth-order valence-corrected chi connectivity index (χ4v) is 4.63. The molecule has 0 atom stereocenters. The second-order valence-corrected chi connectivity index (χ2v) is 9.95. The highest BCUT2D eigenvalue weighted by atomic mass is 19.4. The third-order valence-corrected chi connectivity index (χ3v) is 6.95. The molecule has 2 aromatic carbocycles. The number of aliphatic imine (C=N–C) groups is 1. The zero-order chi connectivity index (χ0) is 30.9. The topological polar surface area (TPSA) is 132 Å². The molecule has 1 aliphatic rings. The molecule has 1 aliphatic carbocycles. The Balaban J connectivity index is 1.62. The highest BCUT2D eigenvalue weighted by molar-refractivity contribution is 6.12. The molecular formula is C30H26F4N6O3. The Kier molecular flexibility index (Phi) is 7.74. The van der Waals surface area contributed by atoms with Crippen molar-refractivity contribution in [3.8, 4) is 22.5 Å². The lowest BCUT2D eigenvalue weighted by atomic mass is 9.99. The second-order valence-electron chi connectivity index (χ2n) is 9.95. The highest BCUT2D eigenvalue weighted by Crippen LogP contribution is 2.39. The van der Waals surface area contributed by atoms with Crippen molar-refractivity contribution in [3.05, 3.63) is 71.5 Å². The lowest BCUT2D eigenvalue weighted by Gasteiger charge is -2.17. The highest BCUT2D eigenvalue weighted by Gasteiger charge is 2.48. The number of rotatable bonds is 8. The van der Waals surface area contributed by atoms with E-state index in [0.29, 0.717) is 24.0 Å². The van der Waals surface area contributed by atoms with Gasteiger partial charge < -0.3 is 20.4 Å². The molecule has 1 saturated carbocycles. The molecule has 13 heteroatoms. The van der Waals surface area contributed by atoms with E-state index >= 15 is 0 Å². The van der Waals surface area contributed by atoms with Crippen LogP contribution in [-0.4, -0.2) is 54.2 Å². The van der Waals surface area contributed by atoms with E-state index in [0.717, 1.165) is 0 Å². The summed E-state index contributed by atoms with van der Waals surface area (Å²) in [7, 11) is 1.41. The third kappa shape index (κ3) is 6.10. The summed E-state index contributed by atoms with van der Waals surface area (Å²) in [6, 6.07) is 12.8. The van der Waals surface area contributed by atoms with E-state index in [-0.39, 0.29) is 45.2 Å². The van der Waals surface area contributed by atoms with Crippen LogP contribution in [0.2, 0.25) is 0 Å². The molecule has 0 bridgehead atoms. The molecule has 9 nitrogen and oxygen atoms in total. The minimum Gasteiger partial charge on any atom is -0.437 e. The number of pyridine rings is 1. The number of benzene rings is 2. The van der Waals surface area contributed by atoms with Gasteiger partial charge in [0.1, 0.15) is 29.8 Å². The first-order chi connectivity index (χ1) is 20.4. The standard InChI is InChI=1S/C30H26F4N6O3/c1-3-37-28(35)29(11-12-29)40-25(41)18-6-4-5-17(13-18)20-14-21-22(26(42)36-2)23(16-7-9-19(31)10-8-16)43-27(21)39-24(20)38-15-30(32,33)34/h3-10,13-14,35H,11-12,15H2,1-2H3,(H,36,42)(H,38,39)(H,40,41). The number of anilines is 1. The molecule has 1 fully saturated rings. The van der Waals surface area contributed by atoms with Gasteiger partial charge in [-0.2, -0.15) is 18.2 Å². The van der Waals surface area contributed by atoms with Gasteiger partial charge in [0.15, 0.2) is 0 Å². The Hall–Kier alpha value is -5.07. The lowest BCUT2D eigenvalue weighted by molar-refractivity contribution is -0.115. The molecular weight excluding hydrogens is 568 g/mol. The van der Waals surface area contributed by atoms with Crippen molar-refractivity contribution in [2.24, 2.45) is 4.99 Å². The summed E-state index contributed by atoms with van der Waals surface area (Å²) in [4.78, 5) is 34.5. The Morgan fingerprint density at radius 2 is 1.81 bits per heavy atom. The van der Waals surface area contributed by atoms with Crippen LogP contribution in [0.3, 0.4) is 0 Å². The largest absolute Gasteiger partial charge is 0.437 e. The van der Waals surface area contributed by atoms with Gasteiger partial charge in [-0.15, -0.1) is 0 Å². The molecule has 2 amide bonds. The van der Waals surface area contributed by atoms with Gasteiger partial charge >= 0.3 is 6.18 Å². The van der Waals surface area contributed by atoms with E-state index in [1.54, 1.807) is 19.1 Å². The van der Waals surface area contributed by atoms with E-state index in [2.05, 4.69) is 25.9 Å². The summed E-state index contributed by atoms with van der Waals surface area (Å²) in [6.45, 7) is 0.262. The number of fused-ring (bicyclic) bond motifs is 1. The summed E-state index contributed by atoms with van der Waals surface area (Å²) in [5.41, 5.74) is 0.138. The molecule has 222 valence electrons. The van der Waals surface area contributed by atoms with E-state index in [1.165, 1.54) is 55.7 Å². The Morgan fingerprint density at radius 3 is 2.44 bits per heavy atom. The number of halogens is 4. The van der Waals surface area contributed by atoms with Crippen molar-refractivity contribution in [2.45, 2.75) is 31.5 Å². The molecule has 5 rings (SSSR count). The van der Waals surface area contributed by atoms with Gasteiger partial charge in [-0.1, -0.05) is 12.1 Å². The fourth-order valence-electron chi connectivity index (χ4n) is 4.63. The maximum atomic E-state index is 13.6. The van der Waals surface area contributed by atoms with Crippen LogP contribution in [0.4, 0.5) is 23.4 Å². The van der Waals surface area contributed by atoms with Crippen LogP contribution in [0.25, 0.3) is 33.6 Å². The van der Waals surface area contributed by atoms with Crippen LogP contribution in [-0.2, 0) is 0 Å². The first-order valence-electron chi connectivity index (χ1n) is 13.2. The average Bonchev–Trinajstić information content (AvgIpc) is 3.67. The third-order valence-electron chi connectivity index (χ3n) is 6.95. The van der Waals surface area contributed by atoms with Crippen LogP contribution < -0.4 is 16.0 Å². The number of hydrogen-bond donors (Lipinski definition) is 4. The van der Waals surface area contributed by atoms with Gasteiger partial charge in [0, 0.05) is 30.0 Å². The molecule has 43 heavy (non-hydrogen) atoms. The maximum absolute atomic E-state index is 13.6. The number of nitrogens with zero attached hydrogens (tertiary/aromatic N) is 2. The van der Waals surface area contributed by atoms with Gasteiger partial charge in [-0.25, -0.2) is 9.38 Å². The number of furan rings is 1. The summed E-state index contributed by atoms with van der Waals surface area (Å²) in [5, 5.41) is 16.0. The molecule has 4 N–H and O–H groups in total. The molecule has 4 aromatic rings. The molecule has 0 spiro atoms. The monoisotopic (exact) mass is 594 g/mol. The van der Waals surface area contributed by atoms with Crippen molar-refractivity contribution in [2.75, 3.05) is 18.9 Å². The van der Waals surface area contributed by atoms with Crippen LogP contribution in [0.5, 0.6) is 0 Å². The van der Waals surface area contributed by atoms with Crippen molar-refractivity contribution in [3.63, 3.8) is 0 Å². The summed E-state index contributed by atoms with van der Waals surface area (Å²) < 4.78 is 59.2. The van der Waals surface area contributed by atoms with Gasteiger partial charge in [0.2, 0.25) is 5.71 Å². The number of nitrogens with one attached hydrogen (secondary N) is 4. The van der Waals surface area contributed by atoms with Gasteiger partial charge in [0.05, 0.1) is 16.5 Å². The Bertz CT molecular complexity index is 1760. The van der Waals surface area contributed by atoms with E-state index < -0.39 is 35.9 Å². The zero-order valence-electron chi connectivity index (χ0n) is 23.0. The Morgan fingerprint density at radius 1 is 1.09 bits per heavy atom. The molecule has 0 aliphatic heterocycles. The summed E-state index contributed by atoms with van der Waals surface area (Å²) in [6.07, 6.45) is -1.99. The fraction of sp³-hybridized carbons (Fsp3) is 0.233. The molecule has 0 radical (unpaired) electrons. The predicted molar refractivity (Wildman–Crippen MR) is 154 cm³/mol. The first-order valence-corrected chi connectivity index (χ1v) is 13.2. The van der Waals surface area contributed by atoms with E-state index in [1.807, 2.05) is 0 Å². The molecule has 2 aromatic heterocycles. The predicted octanol–water partition coefficient (Wildman–Crippen LogP) is 5.97. The van der Waals surface area contributed by atoms with E-state index in [4.69, 9.17) is 9.83 Å². The smallest absolute Gasteiger partial charge is 0.405 e. The minimum absolute atomic E-state index is 0.0337. The van der Waals surface area contributed by atoms with Crippen LogP contribution in [0.15, 0.2) is 64.0 Å². The minimum atomic E-state index is -4.57. The Labute approximate surface area is 242 Å². The first kappa shape index (κ1) is 29.4. The van der Waals surface area contributed by atoms with Crippen LogP contribution in [0.1, 0.15) is 40.5 Å². The number of carbonyl (C=O) groups is 2. The van der Waals surface area contributed by atoms with Crippen LogP contribution >= 0.6 is 0 Å². The van der Waals surface area contributed by atoms with Crippen molar-refractivity contribution in [1.29, 1.82) is 5.41 Å². The number of aromatic nitrogens is 1. The normalized spacial score (nSPS) is 14.1. The zero-order valence-corrected chi connectivity index (χ0v) is 23.0. The van der Waals surface area contributed by atoms with Crippen molar-refractivity contribution < 1.29 is 31.6 Å². The summed E-state index contributed by atoms with van der Waals surface area (Å²) in [5.74, 6) is -1.65. The van der Waals surface area contributed by atoms with E-state index in [9.17, 15) is 27.2 Å². The average molecular weight is 595 g/mol. The second kappa shape index (κ2) is 11.3. The molecule has 2 heterocycles. The quantitative estimate of drug-likeness (QED) is 0.113. The number of amidine groups is 1. The van der Waals surface area contributed by atoms with Gasteiger partial charge in [0.25, 0.3) is 11.8 Å². The molecule has 0 saturated heterocycles. The maximum Gasteiger partial charge on any atom is 0.405 e. The number of hydrogen-bond acceptors (Lipinski definition) is 6. The van der Waals surface area contributed by atoms with Gasteiger partial charge in [-0.3, -0.25) is 15.0 Å². The summed E-state index contributed by atoms with van der Waals surface area (Å²) >= 11 is 0. The number of carbonyl (C=O) groups excluding carboxylic acids is 2. The lowest BCUT2D eigenvalue weighted by Crippen LogP contribution is -2.42. The SMILES string of the molecule is CC=NC(=N)C1(NC(=O)c2cccc(-c3cc4c(C(=O)NC)c(-c5ccc(F)cc5)oc4nc3NCC(F)(F)F)c2)CC1. The molecule has 0 unspecified atom stereocenters. The number of amides is 2.